The maximum absolute atomic E-state index is 13.2. The summed E-state index contributed by atoms with van der Waals surface area (Å²) in [6, 6.07) is 3.55. The summed E-state index contributed by atoms with van der Waals surface area (Å²) in [6.07, 6.45) is -4.74. The van der Waals surface area contributed by atoms with Crippen molar-refractivity contribution in [2.75, 3.05) is 13.2 Å². The van der Waals surface area contributed by atoms with E-state index in [1.807, 2.05) is 0 Å². The molecule has 1 rings (SSSR count). The molecule has 0 fully saturated rings. The van der Waals surface area contributed by atoms with Gasteiger partial charge in [0, 0.05) is 4.47 Å². The Bertz CT molecular complexity index is 540. The first-order chi connectivity index (χ1) is 10.2. The van der Waals surface area contributed by atoms with Crippen molar-refractivity contribution in [3.8, 4) is 0 Å². The van der Waals surface area contributed by atoms with Crippen molar-refractivity contribution in [3.05, 3.63) is 33.8 Å². The lowest BCUT2D eigenvalue weighted by Crippen LogP contribution is -2.28. The SMILES string of the molecule is CCOC(=O)C(C(=O)OCC)c1cccc(Br)c1C(F)(F)F. The average Bonchev–Trinajstić information content (AvgIpc) is 2.38. The van der Waals surface area contributed by atoms with Crippen LogP contribution in [0.5, 0.6) is 0 Å². The monoisotopic (exact) mass is 382 g/mol. The molecule has 0 spiro atoms. The van der Waals surface area contributed by atoms with Gasteiger partial charge in [0.1, 0.15) is 0 Å². The minimum Gasteiger partial charge on any atom is -0.465 e. The van der Waals surface area contributed by atoms with Crippen LogP contribution in [0.1, 0.15) is 30.9 Å². The van der Waals surface area contributed by atoms with Crippen LogP contribution in [-0.4, -0.2) is 25.2 Å². The zero-order valence-corrected chi connectivity index (χ0v) is 13.5. The zero-order chi connectivity index (χ0) is 16.9. The number of ether oxygens (including phenoxy) is 2. The van der Waals surface area contributed by atoms with Gasteiger partial charge in [-0.25, -0.2) is 0 Å². The molecule has 0 N–H and O–H groups in total. The number of carbonyl (C=O) groups excluding carboxylic acids is 2. The molecule has 1 aromatic carbocycles. The van der Waals surface area contributed by atoms with Crippen molar-refractivity contribution >= 4 is 27.9 Å². The standard InChI is InChI=1S/C14H14BrF3O4/c1-3-21-12(19)10(13(20)22-4-2)8-6-5-7-9(15)11(8)14(16,17)18/h5-7,10H,3-4H2,1-2H3. The first-order valence-corrected chi connectivity index (χ1v) is 7.22. The van der Waals surface area contributed by atoms with E-state index < -0.39 is 35.2 Å². The summed E-state index contributed by atoms with van der Waals surface area (Å²) in [7, 11) is 0. The number of hydrogen-bond donors (Lipinski definition) is 0. The number of carbonyl (C=O) groups is 2. The second-order valence-electron chi connectivity index (χ2n) is 4.14. The third-order valence-electron chi connectivity index (χ3n) is 2.68. The van der Waals surface area contributed by atoms with Gasteiger partial charge in [0.05, 0.1) is 18.8 Å². The van der Waals surface area contributed by atoms with Crippen LogP contribution in [0.15, 0.2) is 22.7 Å². The smallest absolute Gasteiger partial charge is 0.417 e. The van der Waals surface area contributed by atoms with Crippen LogP contribution in [0.25, 0.3) is 0 Å². The third-order valence-corrected chi connectivity index (χ3v) is 3.35. The van der Waals surface area contributed by atoms with E-state index in [0.29, 0.717) is 0 Å². The van der Waals surface area contributed by atoms with Crippen LogP contribution >= 0.6 is 15.9 Å². The number of alkyl halides is 3. The second kappa shape index (κ2) is 7.62. The first-order valence-electron chi connectivity index (χ1n) is 6.42. The summed E-state index contributed by atoms with van der Waals surface area (Å²) in [5.41, 5.74) is -1.60. The summed E-state index contributed by atoms with van der Waals surface area (Å²) in [5, 5.41) is 0. The van der Waals surface area contributed by atoms with Crippen LogP contribution in [0, 0.1) is 0 Å². The van der Waals surface area contributed by atoms with E-state index in [1.165, 1.54) is 26.0 Å². The molecule has 0 atom stereocenters. The Morgan fingerprint density at radius 2 is 1.64 bits per heavy atom. The highest BCUT2D eigenvalue weighted by Crippen LogP contribution is 2.40. The highest BCUT2D eigenvalue weighted by Gasteiger charge is 2.42. The molecule has 0 aliphatic rings. The normalized spacial score (nSPS) is 11.4. The highest BCUT2D eigenvalue weighted by molar-refractivity contribution is 9.10. The van der Waals surface area contributed by atoms with Gasteiger partial charge in [0.15, 0.2) is 5.92 Å². The fraction of sp³-hybridized carbons (Fsp3) is 0.429. The van der Waals surface area contributed by atoms with Crippen molar-refractivity contribution in [1.82, 2.24) is 0 Å². The molecular weight excluding hydrogens is 369 g/mol. The van der Waals surface area contributed by atoms with E-state index in [9.17, 15) is 22.8 Å². The van der Waals surface area contributed by atoms with Crippen LogP contribution in [0.2, 0.25) is 0 Å². The summed E-state index contributed by atoms with van der Waals surface area (Å²) in [6.45, 7) is 2.85. The first kappa shape index (κ1) is 18.5. The van der Waals surface area contributed by atoms with Gasteiger partial charge in [-0.1, -0.05) is 28.1 Å². The molecule has 0 unspecified atom stereocenters. The molecule has 0 amide bonds. The molecule has 1 aromatic rings. The summed E-state index contributed by atoms with van der Waals surface area (Å²) < 4.78 is 48.9. The molecule has 8 heteroatoms. The molecule has 0 aromatic heterocycles. The van der Waals surface area contributed by atoms with Gasteiger partial charge in [-0.05, 0) is 25.5 Å². The van der Waals surface area contributed by atoms with E-state index in [-0.39, 0.29) is 17.7 Å². The Morgan fingerprint density at radius 3 is 2.05 bits per heavy atom. The molecule has 0 heterocycles. The quantitative estimate of drug-likeness (QED) is 0.575. The van der Waals surface area contributed by atoms with E-state index in [4.69, 9.17) is 9.47 Å². The molecular formula is C14H14BrF3O4. The van der Waals surface area contributed by atoms with E-state index in [1.54, 1.807) is 0 Å². The molecule has 22 heavy (non-hydrogen) atoms. The van der Waals surface area contributed by atoms with E-state index in [0.717, 1.165) is 6.07 Å². The predicted octanol–water partition coefficient (Wildman–Crippen LogP) is 3.68. The van der Waals surface area contributed by atoms with Gasteiger partial charge in [0.25, 0.3) is 0 Å². The average molecular weight is 383 g/mol. The fourth-order valence-electron chi connectivity index (χ4n) is 1.88. The summed E-state index contributed by atoms with van der Waals surface area (Å²) >= 11 is 2.80. The Hall–Kier alpha value is -1.57. The number of esters is 2. The lowest BCUT2D eigenvalue weighted by atomic mass is 9.93. The third kappa shape index (κ3) is 4.22. The van der Waals surface area contributed by atoms with Gasteiger partial charge in [-0.2, -0.15) is 13.2 Å². The molecule has 0 bridgehead atoms. The molecule has 0 radical (unpaired) electrons. The van der Waals surface area contributed by atoms with Crippen molar-refractivity contribution in [2.24, 2.45) is 0 Å². The molecule has 0 aliphatic carbocycles. The molecule has 122 valence electrons. The van der Waals surface area contributed by atoms with Gasteiger partial charge in [0.2, 0.25) is 0 Å². The van der Waals surface area contributed by atoms with E-state index in [2.05, 4.69) is 15.9 Å². The maximum atomic E-state index is 13.2. The molecule has 4 nitrogen and oxygen atoms in total. The van der Waals surface area contributed by atoms with Gasteiger partial charge in [-0.3, -0.25) is 9.59 Å². The number of rotatable bonds is 5. The Balaban J connectivity index is 3.46. The molecule has 0 saturated carbocycles. The Morgan fingerprint density at radius 1 is 1.14 bits per heavy atom. The molecule has 0 saturated heterocycles. The van der Waals surface area contributed by atoms with Crippen molar-refractivity contribution in [2.45, 2.75) is 25.9 Å². The number of hydrogen-bond acceptors (Lipinski definition) is 4. The van der Waals surface area contributed by atoms with Crippen LogP contribution in [0.3, 0.4) is 0 Å². The number of halogens is 4. The van der Waals surface area contributed by atoms with E-state index >= 15 is 0 Å². The van der Waals surface area contributed by atoms with Gasteiger partial charge < -0.3 is 9.47 Å². The minimum absolute atomic E-state index is 0.0654. The molecule has 0 aliphatic heterocycles. The zero-order valence-electron chi connectivity index (χ0n) is 11.9. The van der Waals surface area contributed by atoms with Gasteiger partial charge >= 0.3 is 18.1 Å². The van der Waals surface area contributed by atoms with Crippen LogP contribution < -0.4 is 0 Å². The lowest BCUT2D eigenvalue weighted by molar-refractivity contribution is -0.157. The predicted molar refractivity (Wildman–Crippen MR) is 75.2 cm³/mol. The largest absolute Gasteiger partial charge is 0.465 e. The fourth-order valence-corrected chi connectivity index (χ4v) is 2.49. The van der Waals surface area contributed by atoms with Crippen molar-refractivity contribution in [3.63, 3.8) is 0 Å². The summed E-state index contributed by atoms with van der Waals surface area (Å²) in [5.74, 6) is -3.94. The van der Waals surface area contributed by atoms with Crippen LogP contribution in [0.4, 0.5) is 13.2 Å². The Kier molecular flexibility index (Phi) is 6.40. The van der Waals surface area contributed by atoms with Gasteiger partial charge in [-0.15, -0.1) is 0 Å². The number of benzene rings is 1. The topological polar surface area (TPSA) is 52.6 Å². The lowest BCUT2D eigenvalue weighted by Gasteiger charge is -2.20. The second-order valence-corrected chi connectivity index (χ2v) is 4.99. The summed E-state index contributed by atoms with van der Waals surface area (Å²) in [4.78, 5) is 23.9. The van der Waals surface area contributed by atoms with Crippen molar-refractivity contribution < 1.29 is 32.2 Å². The van der Waals surface area contributed by atoms with Crippen molar-refractivity contribution in [1.29, 1.82) is 0 Å². The highest BCUT2D eigenvalue weighted by atomic mass is 79.9. The minimum atomic E-state index is -4.74. The maximum Gasteiger partial charge on any atom is 0.417 e. The Labute approximate surface area is 133 Å². The van der Waals surface area contributed by atoms with Crippen LogP contribution in [-0.2, 0) is 25.2 Å².